The number of rotatable bonds is 5. The lowest BCUT2D eigenvalue weighted by Crippen LogP contribution is -2.43. The van der Waals surface area contributed by atoms with E-state index in [1.807, 2.05) is 0 Å². The molecular formula is C18H19ClFNO3. The van der Waals surface area contributed by atoms with Gasteiger partial charge >= 0.3 is 0 Å². The lowest BCUT2D eigenvalue weighted by atomic mass is 10.0. The molecule has 24 heavy (non-hydrogen) atoms. The Morgan fingerprint density at radius 1 is 1.25 bits per heavy atom. The Hall–Kier alpha value is -1.82. The summed E-state index contributed by atoms with van der Waals surface area (Å²) >= 11 is 5.99. The summed E-state index contributed by atoms with van der Waals surface area (Å²) in [5, 5.41) is 3.79. The second kappa shape index (κ2) is 7.83. The van der Waals surface area contributed by atoms with Crippen LogP contribution in [-0.2, 0) is 4.74 Å². The molecule has 2 aromatic carbocycles. The highest BCUT2D eigenvalue weighted by molar-refractivity contribution is 6.30. The number of morpholine rings is 1. The van der Waals surface area contributed by atoms with Gasteiger partial charge < -0.3 is 19.5 Å². The van der Waals surface area contributed by atoms with Gasteiger partial charge in [-0.1, -0.05) is 29.8 Å². The molecule has 1 N–H and O–H groups in total. The van der Waals surface area contributed by atoms with E-state index in [4.69, 9.17) is 25.8 Å². The first-order chi connectivity index (χ1) is 11.7. The fourth-order valence-corrected chi connectivity index (χ4v) is 2.86. The van der Waals surface area contributed by atoms with Gasteiger partial charge in [0.15, 0.2) is 17.6 Å². The summed E-state index contributed by atoms with van der Waals surface area (Å²) < 4.78 is 31.6. The molecule has 0 unspecified atom stereocenters. The van der Waals surface area contributed by atoms with Gasteiger partial charge in [-0.2, -0.15) is 0 Å². The highest BCUT2D eigenvalue weighted by Crippen LogP contribution is 2.36. The van der Waals surface area contributed by atoms with Crippen LogP contribution >= 0.6 is 11.6 Å². The van der Waals surface area contributed by atoms with Crippen LogP contribution in [0.2, 0.25) is 5.02 Å². The molecule has 2 atom stereocenters. The summed E-state index contributed by atoms with van der Waals surface area (Å²) in [5.74, 6) is 0.654. The van der Waals surface area contributed by atoms with E-state index in [0.29, 0.717) is 35.2 Å². The average Bonchev–Trinajstić information content (AvgIpc) is 2.62. The number of nitrogens with one attached hydrogen (secondary N) is 1. The summed E-state index contributed by atoms with van der Waals surface area (Å²) in [6.45, 7) is 1.90. The highest BCUT2D eigenvalue weighted by Gasteiger charge is 2.30. The van der Waals surface area contributed by atoms with Crippen molar-refractivity contribution in [2.45, 2.75) is 12.2 Å². The van der Waals surface area contributed by atoms with E-state index >= 15 is 0 Å². The molecule has 2 aromatic rings. The van der Waals surface area contributed by atoms with E-state index < -0.39 is 6.10 Å². The first-order valence-electron chi connectivity index (χ1n) is 7.76. The molecule has 0 aromatic heterocycles. The smallest absolute Gasteiger partial charge is 0.162 e. The predicted molar refractivity (Wildman–Crippen MR) is 90.4 cm³/mol. The number of ether oxygens (including phenoxy) is 3. The first-order valence-corrected chi connectivity index (χ1v) is 8.14. The predicted octanol–water partition coefficient (Wildman–Crippen LogP) is 3.60. The van der Waals surface area contributed by atoms with Crippen molar-refractivity contribution in [3.8, 4) is 11.5 Å². The van der Waals surface area contributed by atoms with Crippen molar-refractivity contribution in [2.75, 3.05) is 26.8 Å². The quantitative estimate of drug-likeness (QED) is 0.893. The Morgan fingerprint density at radius 2 is 2.08 bits per heavy atom. The number of benzene rings is 2. The molecule has 0 radical (unpaired) electrons. The van der Waals surface area contributed by atoms with Gasteiger partial charge in [0.05, 0.1) is 13.7 Å². The molecule has 0 saturated carbocycles. The molecule has 3 rings (SSSR count). The zero-order chi connectivity index (χ0) is 16.9. The highest BCUT2D eigenvalue weighted by atomic mass is 35.5. The molecule has 1 aliphatic rings. The summed E-state index contributed by atoms with van der Waals surface area (Å²) in [4.78, 5) is 0. The minimum absolute atomic E-state index is 0.309. The number of hydrogen-bond donors (Lipinski definition) is 1. The van der Waals surface area contributed by atoms with Crippen LogP contribution in [0.1, 0.15) is 11.7 Å². The average molecular weight is 352 g/mol. The van der Waals surface area contributed by atoms with Gasteiger partial charge in [0.2, 0.25) is 0 Å². The first kappa shape index (κ1) is 17.0. The van der Waals surface area contributed by atoms with Crippen molar-refractivity contribution in [1.82, 2.24) is 5.32 Å². The molecule has 0 amide bonds. The fraction of sp³-hybridized carbons (Fsp3) is 0.333. The molecule has 4 nitrogen and oxygen atoms in total. The van der Waals surface area contributed by atoms with Crippen LogP contribution in [0.3, 0.4) is 0 Å². The Labute approximate surface area is 145 Å². The monoisotopic (exact) mass is 351 g/mol. The van der Waals surface area contributed by atoms with Crippen LogP contribution in [0, 0.1) is 5.82 Å². The van der Waals surface area contributed by atoms with Gasteiger partial charge in [-0.25, -0.2) is 4.39 Å². The summed E-state index contributed by atoms with van der Waals surface area (Å²) in [6, 6.07) is 11.6. The summed E-state index contributed by atoms with van der Waals surface area (Å²) in [5.41, 5.74) is 0.447. The van der Waals surface area contributed by atoms with E-state index in [2.05, 4.69) is 5.32 Å². The zero-order valence-corrected chi connectivity index (χ0v) is 14.1. The van der Waals surface area contributed by atoms with Crippen LogP contribution in [0.15, 0.2) is 42.5 Å². The Bertz CT molecular complexity index is 692. The molecule has 6 heteroatoms. The normalized spacial score (nSPS) is 18.9. The van der Waals surface area contributed by atoms with Crippen LogP contribution in [0.25, 0.3) is 0 Å². The Balaban J connectivity index is 1.94. The maximum absolute atomic E-state index is 14.3. The SMILES string of the molecule is COc1cc(Cl)ccc1O[C@@H](c1ccccc1F)[C@@H]1CNCCO1. The Kier molecular flexibility index (Phi) is 5.56. The molecular weight excluding hydrogens is 333 g/mol. The standard InChI is InChI=1S/C18H19ClFNO3/c1-22-16-10-12(19)6-7-15(16)24-18(17-11-21-8-9-23-17)13-4-2-3-5-14(13)20/h2-7,10,17-18,21H,8-9,11H2,1H3/t17-,18-/m0/s1. The van der Waals surface area contributed by atoms with Crippen LogP contribution in [0.5, 0.6) is 11.5 Å². The summed E-state index contributed by atoms with van der Waals surface area (Å²) in [6.07, 6.45) is -0.912. The van der Waals surface area contributed by atoms with E-state index in [0.717, 1.165) is 6.54 Å². The molecule has 0 bridgehead atoms. The second-order valence-corrected chi connectivity index (χ2v) is 5.90. The molecule has 1 fully saturated rings. The minimum atomic E-state index is -0.603. The third-order valence-corrected chi connectivity index (χ3v) is 4.12. The van der Waals surface area contributed by atoms with Crippen molar-refractivity contribution in [2.24, 2.45) is 0 Å². The van der Waals surface area contributed by atoms with Gasteiger partial charge in [-0.15, -0.1) is 0 Å². The zero-order valence-electron chi connectivity index (χ0n) is 13.3. The topological polar surface area (TPSA) is 39.7 Å². The molecule has 0 spiro atoms. The Morgan fingerprint density at radius 3 is 2.79 bits per heavy atom. The lowest BCUT2D eigenvalue weighted by molar-refractivity contribution is -0.0449. The van der Waals surface area contributed by atoms with E-state index in [1.165, 1.54) is 13.2 Å². The minimum Gasteiger partial charge on any atom is -0.493 e. The maximum Gasteiger partial charge on any atom is 0.162 e. The van der Waals surface area contributed by atoms with Crippen molar-refractivity contribution in [3.63, 3.8) is 0 Å². The van der Waals surface area contributed by atoms with Crippen LogP contribution in [-0.4, -0.2) is 32.9 Å². The summed E-state index contributed by atoms with van der Waals surface area (Å²) in [7, 11) is 1.54. The van der Waals surface area contributed by atoms with E-state index in [1.54, 1.807) is 36.4 Å². The van der Waals surface area contributed by atoms with Gasteiger partial charge in [0.25, 0.3) is 0 Å². The molecule has 1 saturated heterocycles. The molecule has 1 aliphatic heterocycles. The lowest BCUT2D eigenvalue weighted by Gasteiger charge is -2.32. The van der Waals surface area contributed by atoms with Gasteiger partial charge in [0.1, 0.15) is 11.9 Å². The number of hydrogen-bond acceptors (Lipinski definition) is 4. The van der Waals surface area contributed by atoms with Crippen molar-refractivity contribution >= 4 is 11.6 Å². The van der Waals surface area contributed by atoms with Crippen molar-refractivity contribution in [1.29, 1.82) is 0 Å². The van der Waals surface area contributed by atoms with Crippen LogP contribution < -0.4 is 14.8 Å². The van der Waals surface area contributed by atoms with Crippen LogP contribution in [0.4, 0.5) is 4.39 Å². The third kappa shape index (κ3) is 3.80. The fourth-order valence-electron chi connectivity index (χ4n) is 2.70. The van der Waals surface area contributed by atoms with Gasteiger partial charge in [-0.3, -0.25) is 0 Å². The van der Waals surface area contributed by atoms with Gasteiger partial charge in [0, 0.05) is 29.7 Å². The van der Waals surface area contributed by atoms with Crippen molar-refractivity contribution in [3.05, 3.63) is 58.9 Å². The van der Waals surface area contributed by atoms with E-state index in [9.17, 15) is 4.39 Å². The number of methoxy groups -OCH3 is 1. The molecule has 0 aliphatic carbocycles. The molecule has 1 heterocycles. The van der Waals surface area contributed by atoms with Crippen molar-refractivity contribution < 1.29 is 18.6 Å². The van der Waals surface area contributed by atoms with E-state index in [-0.39, 0.29) is 11.9 Å². The second-order valence-electron chi connectivity index (χ2n) is 5.47. The van der Waals surface area contributed by atoms with Gasteiger partial charge in [-0.05, 0) is 18.2 Å². The number of halogens is 2. The largest absolute Gasteiger partial charge is 0.493 e. The maximum atomic E-state index is 14.3. The third-order valence-electron chi connectivity index (χ3n) is 3.89. The molecule has 128 valence electrons.